The Balaban J connectivity index is 1.02. The minimum atomic E-state index is -4.54. The average Bonchev–Trinajstić information content (AvgIpc) is 0.873. The number of nitrogens with zero attached hydrogens (tertiary/aromatic N) is 5. The maximum Gasteiger partial charge on any atom is 0.269 e. The molecule has 0 radical (unpaired) electrons. The van der Waals surface area contributed by atoms with E-state index in [9.17, 15) is 17.8 Å². The first kappa shape index (κ1) is 39.5. The molecule has 0 fully saturated rings. The third kappa shape index (κ3) is 8.58. The number of benzene rings is 10. The van der Waals surface area contributed by atoms with E-state index in [1.54, 1.807) is 16.7 Å². The molecule has 2 aliphatic carbocycles. The highest BCUT2D eigenvalue weighted by atomic mass is 16.5. The molecule has 0 unspecified atom stereocenters. The van der Waals surface area contributed by atoms with Crippen LogP contribution in [0.4, 0.5) is 0 Å². The molecule has 10 aromatic carbocycles. The van der Waals surface area contributed by atoms with E-state index in [2.05, 4.69) is 137 Å². The van der Waals surface area contributed by atoms with Gasteiger partial charge in [-0.2, -0.15) is 0 Å². The van der Waals surface area contributed by atoms with Gasteiger partial charge in [-0.1, -0.05) is 203 Å². The van der Waals surface area contributed by atoms with Gasteiger partial charge in [0.25, 0.3) is 6.33 Å². The predicted octanol–water partition coefficient (Wildman–Crippen LogP) is 22.1. The standard InChI is InChI=1S/C86H77N5O/c1-82(2,3)55-38-43-87-79(47-55)91-75-32-19-16-28-63(75)64-36-35-58(49-77(64)91)92-57-23-20-22-56(48-57)88-52-89-80-65(29-21-33-76(80)90-73-30-17-14-26-61(73)62-27-15-18-31-74(62)90)67-51-72-71(85(8,9)41-42-86(72,10)11)50-66(67)59-24-12-13-25-60(59)68-44-54(46-78(88)81(68)89)53-34-37-69-70(45-53)84(6,7)40-39-83(69,4)5/h12-38,43-51H,39-42H2,1-11H3/i4D3,5D3,6D3,7D3,34D,37D,39D2,40D2,45D. The Morgan fingerprint density at radius 2 is 1.09 bits per heavy atom. The number of para-hydroxylation sites is 4. The van der Waals surface area contributed by atoms with Crippen LogP contribution in [-0.2, 0) is 27.1 Å². The molecular formula is C86H77N5O. The molecule has 0 saturated heterocycles. The number of aromatic nitrogens is 5. The fourth-order valence-corrected chi connectivity index (χ4v) is 14.8. The van der Waals surface area contributed by atoms with Crippen LogP contribution in [0.2, 0.25) is 0 Å². The molecule has 0 spiro atoms. The number of pyridine rings is 1. The highest BCUT2D eigenvalue weighted by molar-refractivity contribution is 6.11. The molecule has 452 valence electrons. The maximum atomic E-state index is 10.6. The van der Waals surface area contributed by atoms with Crippen LogP contribution in [-0.4, -0.2) is 18.7 Å². The summed E-state index contributed by atoms with van der Waals surface area (Å²) in [6.07, 6.45) is -1.61. The summed E-state index contributed by atoms with van der Waals surface area (Å²) in [6, 6.07) is 59.7. The fraction of sp³-hybridized carbons (Fsp3) is 0.233. The quantitative estimate of drug-likeness (QED) is 0.123. The molecule has 92 heavy (non-hydrogen) atoms. The molecule has 0 saturated carbocycles. The SMILES string of the molecule is [2H]c1c([2H])c2c(c([2H])c1-c1cc3c4c(c1)n(-c1cccc(Oc5ccc6c7ccccc7n(-c7cc(C(C)(C)C)ccn7)c6c5)c1)[c-][n+]4-c1c(cccc1-n1c4ccccc4c4ccccc41)-c1cc4c(cc1-c1ccccc1-3)C(C)(C)CCC4(C)C)C(C([2H])([2H])[2H])(C([2H])([2H])[2H])C([2H])([2H])C([2H])([2H])C2(C([2H])([2H])[2H])C([2H])([2H])[2H]. The van der Waals surface area contributed by atoms with Crippen molar-refractivity contribution in [2.75, 3.05) is 0 Å². The molecule has 0 amide bonds. The Labute approximate surface area is 566 Å². The Kier molecular flexibility index (Phi) is 8.52. The number of hydrogen-bond acceptors (Lipinski definition) is 2. The van der Waals surface area contributed by atoms with Crippen molar-refractivity contribution >= 4 is 54.6 Å². The zero-order valence-corrected chi connectivity index (χ0v) is 52.1. The highest BCUT2D eigenvalue weighted by Crippen LogP contribution is 2.54. The lowest BCUT2D eigenvalue weighted by Crippen LogP contribution is -2.34. The zero-order valence-electron chi connectivity index (χ0n) is 71.1. The third-order valence-electron chi connectivity index (χ3n) is 19.7. The number of fused-ring (bicyclic) bond motifs is 15. The summed E-state index contributed by atoms with van der Waals surface area (Å²) < 4.78 is 195. The van der Waals surface area contributed by atoms with Gasteiger partial charge in [0, 0.05) is 55.7 Å². The maximum absolute atomic E-state index is 10.6. The summed E-state index contributed by atoms with van der Waals surface area (Å²) in [4.78, 5) is 4.91. The van der Waals surface area contributed by atoms with Gasteiger partial charge < -0.3 is 9.30 Å². The Morgan fingerprint density at radius 3 is 1.76 bits per heavy atom. The van der Waals surface area contributed by atoms with Crippen LogP contribution in [0.3, 0.4) is 0 Å². The van der Waals surface area contributed by atoms with Crippen LogP contribution in [0, 0.1) is 6.33 Å². The summed E-state index contributed by atoms with van der Waals surface area (Å²) in [5.41, 5.74) is 0.211. The first-order chi connectivity index (χ1) is 52.0. The van der Waals surface area contributed by atoms with Crippen molar-refractivity contribution in [3.63, 3.8) is 0 Å². The lowest BCUT2D eigenvalue weighted by atomic mass is 9.62. The van der Waals surface area contributed by atoms with E-state index < -0.39 is 85.8 Å². The van der Waals surface area contributed by atoms with Crippen LogP contribution in [0.25, 0.3) is 122 Å². The molecule has 17 rings (SSSR count). The highest BCUT2D eigenvalue weighted by Gasteiger charge is 2.40. The number of imidazole rings is 1. The zero-order chi connectivity index (χ0) is 79.2. The van der Waals surface area contributed by atoms with Crippen molar-refractivity contribution in [3.05, 3.63) is 253 Å². The van der Waals surface area contributed by atoms with Crippen molar-refractivity contribution in [2.24, 2.45) is 0 Å². The van der Waals surface area contributed by atoms with Crippen LogP contribution >= 0.6 is 0 Å². The summed E-state index contributed by atoms with van der Waals surface area (Å²) in [6.45, 7) is -1.53. The predicted molar refractivity (Wildman–Crippen MR) is 381 cm³/mol. The van der Waals surface area contributed by atoms with Crippen LogP contribution in [0.5, 0.6) is 11.5 Å². The molecule has 6 nitrogen and oxygen atoms in total. The molecule has 0 N–H and O–H groups in total. The van der Waals surface area contributed by atoms with Gasteiger partial charge in [0.2, 0.25) is 0 Å². The van der Waals surface area contributed by atoms with Crippen molar-refractivity contribution in [1.82, 2.24) is 18.7 Å². The smallest absolute Gasteiger partial charge is 0.269 e. The van der Waals surface area contributed by atoms with Gasteiger partial charge in [-0.15, -0.1) is 0 Å². The second-order valence-corrected chi connectivity index (χ2v) is 27.5. The number of hydrogen-bond donors (Lipinski definition) is 0. The van der Waals surface area contributed by atoms with Crippen molar-refractivity contribution in [1.29, 1.82) is 0 Å². The minimum Gasteiger partial charge on any atom is -0.458 e. The molecule has 4 aromatic heterocycles. The van der Waals surface area contributed by atoms with Crippen molar-refractivity contribution in [2.45, 2.75) is 129 Å². The van der Waals surface area contributed by atoms with Gasteiger partial charge in [0.1, 0.15) is 17.3 Å². The molecule has 1 aliphatic heterocycles. The Bertz CT molecular complexity index is 6230. The van der Waals surface area contributed by atoms with Crippen LogP contribution in [0.1, 0.15) is 155 Å². The first-order valence-corrected chi connectivity index (χ1v) is 31.4. The topological polar surface area (TPSA) is 40.8 Å². The molecule has 6 heteroatoms. The third-order valence-corrected chi connectivity index (χ3v) is 19.7. The van der Waals surface area contributed by atoms with Gasteiger partial charge in [-0.05, 0) is 204 Å². The van der Waals surface area contributed by atoms with Crippen molar-refractivity contribution in [3.8, 4) is 78.9 Å². The first-order valence-electron chi connectivity index (χ1n) is 40.9. The second-order valence-electron chi connectivity index (χ2n) is 27.5. The largest absolute Gasteiger partial charge is 0.458 e. The number of rotatable bonds is 6. The van der Waals surface area contributed by atoms with E-state index in [-0.39, 0.29) is 27.3 Å². The lowest BCUT2D eigenvalue weighted by Gasteiger charge is -2.42. The van der Waals surface area contributed by atoms with Gasteiger partial charge in [-0.3, -0.25) is 13.7 Å². The van der Waals surface area contributed by atoms with Gasteiger partial charge >= 0.3 is 0 Å². The Hall–Kier alpha value is -9.78. The molecule has 3 aliphatic rings. The van der Waals surface area contributed by atoms with Gasteiger partial charge in [-0.25, -0.2) is 4.98 Å². The van der Waals surface area contributed by atoms with Gasteiger partial charge in [0.15, 0.2) is 0 Å². The van der Waals surface area contributed by atoms with E-state index in [0.29, 0.717) is 39.5 Å². The normalized spacial score (nSPS) is 20.6. The van der Waals surface area contributed by atoms with E-state index in [4.69, 9.17) is 17.9 Å². The minimum absolute atomic E-state index is 0.173. The summed E-state index contributed by atoms with van der Waals surface area (Å²) in [5, 5.41) is 3.94. The molecular weight excluding hydrogens is 1120 g/mol. The van der Waals surface area contributed by atoms with Crippen molar-refractivity contribution < 1.29 is 35.3 Å². The lowest BCUT2D eigenvalue weighted by molar-refractivity contribution is -0.571. The van der Waals surface area contributed by atoms with E-state index in [1.807, 2.05) is 120 Å². The van der Waals surface area contributed by atoms with Crippen LogP contribution in [0.15, 0.2) is 218 Å². The number of ether oxygens (including phenoxy) is 1. The molecule has 0 atom stereocenters. The summed E-state index contributed by atoms with van der Waals surface area (Å²) in [7, 11) is 0. The summed E-state index contributed by atoms with van der Waals surface area (Å²) >= 11 is 0. The summed E-state index contributed by atoms with van der Waals surface area (Å²) in [5.74, 6) is 1.56. The van der Waals surface area contributed by atoms with E-state index in [0.717, 1.165) is 107 Å². The van der Waals surface area contributed by atoms with E-state index >= 15 is 0 Å². The van der Waals surface area contributed by atoms with Crippen LogP contribution < -0.4 is 9.30 Å². The molecule has 14 aromatic rings. The van der Waals surface area contributed by atoms with E-state index in [1.165, 1.54) is 0 Å². The average molecular weight is 1220 g/mol. The second kappa shape index (κ2) is 19.9. The van der Waals surface area contributed by atoms with Gasteiger partial charge in [0.05, 0.1) is 54.3 Å². The molecule has 5 heterocycles. The fourth-order valence-electron chi connectivity index (χ4n) is 14.8. The molecule has 0 bridgehead atoms. The Morgan fingerprint density at radius 1 is 0.500 bits per heavy atom. The monoisotopic (exact) mass is 1210 g/mol.